The lowest BCUT2D eigenvalue weighted by Crippen LogP contribution is -2.29. The highest BCUT2D eigenvalue weighted by molar-refractivity contribution is 5.27. The van der Waals surface area contributed by atoms with Crippen LogP contribution < -0.4 is 0 Å². The zero-order valence-corrected chi connectivity index (χ0v) is 11.7. The fourth-order valence-corrected chi connectivity index (χ4v) is 1.92. The molecule has 0 atom stereocenters. The topological polar surface area (TPSA) is 43.7 Å². The monoisotopic (exact) mass is 251 g/mol. The van der Waals surface area contributed by atoms with Crippen LogP contribution in [0, 0.1) is 0 Å². The van der Waals surface area contributed by atoms with Crippen molar-refractivity contribution in [1.82, 2.24) is 4.90 Å². The summed E-state index contributed by atoms with van der Waals surface area (Å²) in [4.78, 5) is 2.05. The molecule has 0 aliphatic heterocycles. The van der Waals surface area contributed by atoms with Crippen LogP contribution in [0.5, 0.6) is 0 Å². The Hall–Kier alpha value is -0.900. The maximum atomic E-state index is 8.97. The van der Waals surface area contributed by atoms with Crippen LogP contribution in [0.1, 0.15) is 31.9 Å². The quantitative estimate of drug-likeness (QED) is 0.810. The summed E-state index contributed by atoms with van der Waals surface area (Å²) in [6.07, 6.45) is 0. The predicted molar refractivity (Wildman–Crippen MR) is 74.6 cm³/mol. The molecule has 0 aliphatic rings. The minimum Gasteiger partial charge on any atom is -0.395 e. The number of aliphatic hydroxyl groups excluding tert-OH is 2. The Morgan fingerprint density at radius 2 is 1.44 bits per heavy atom. The Morgan fingerprint density at radius 3 is 1.83 bits per heavy atom. The third-order valence-corrected chi connectivity index (χ3v) is 3.06. The molecular weight excluding hydrogens is 226 g/mol. The van der Waals surface area contributed by atoms with Gasteiger partial charge in [-0.15, -0.1) is 0 Å². The van der Waals surface area contributed by atoms with Gasteiger partial charge in [0.05, 0.1) is 13.2 Å². The summed E-state index contributed by atoms with van der Waals surface area (Å²) >= 11 is 0. The molecule has 1 rings (SSSR count). The summed E-state index contributed by atoms with van der Waals surface area (Å²) in [5.74, 6) is 0. The molecular formula is C15H25NO2. The van der Waals surface area contributed by atoms with Crippen molar-refractivity contribution in [3.05, 3.63) is 35.4 Å². The molecule has 0 saturated heterocycles. The molecule has 3 nitrogen and oxygen atoms in total. The largest absolute Gasteiger partial charge is 0.395 e. The molecule has 18 heavy (non-hydrogen) atoms. The van der Waals surface area contributed by atoms with Gasteiger partial charge in [0.1, 0.15) is 0 Å². The Kier molecular flexibility index (Phi) is 5.79. The fourth-order valence-electron chi connectivity index (χ4n) is 1.92. The van der Waals surface area contributed by atoms with E-state index in [2.05, 4.69) is 45.0 Å². The first-order valence-electron chi connectivity index (χ1n) is 6.51. The number of benzene rings is 1. The summed E-state index contributed by atoms with van der Waals surface area (Å²) in [7, 11) is 0. The Labute approximate surface area is 110 Å². The number of hydrogen-bond acceptors (Lipinski definition) is 3. The SMILES string of the molecule is CC(C)(C)c1ccc(CN(CCO)CCO)cc1. The minimum atomic E-state index is 0.125. The molecule has 0 spiro atoms. The molecule has 0 fully saturated rings. The molecule has 1 aromatic carbocycles. The first kappa shape index (κ1) is 15.2. The number of hydrogen-bond donors (Lipinski definition) is 2. The Bertz CT molecular complexity index is 335. The normalized spacial score (nSPS) is 12.1. The summed E-state index contributed by atoms with van der Waals surface area (Å²) in [5.41, 5.74) is 2.71. The van der Waals surface area contributed by atoms with Crippen molar-refractivity contribution < 1.29 is 10.2 Å². The maximum Gasteiger partial charge on any atom is 0.0558 e. The first-order chi connectivity index (χ1) is 8.47. The van der Waals surface area contributed by atoms with Gasteiger partial charge in [-0.25, -0.2) is 0 Å². The smallest absolute Gasteiger partial charge is 0.0558 e. The highest BCUT2D eigenvalue weighted by Gasteiger charge is 2.13. The van der Waals surface area contributed by atoms with E-state index >= 15 is 0 Å². The Morgan fingerprint density at radius 1 is 0.944 bits per heavy atom. The van der Waals surface area contributed by atoms with Crippen LogP contribution in [0.3, 0.4) is 0 Å². The van der Waals surface area contributed by atoms with E-state index in [4.69, 9.17) is 10.2 Å². The van der Waals surface area contributed by atoms with Gasteiger partial charge in [0.25, 0.3) is 0 Å². The van der Waals surface area contributed by atoms with Crippen LogP contribution in [0.4, 0.5) is 0 Å². The van der Waals surface area contributed by atoms with E-state index in [9.17, 15) is 0 Å². The first-order valence-corrected chi connectivity index (χ1v) is 6.51. The molecule has 0 heterocycles. The number of nitrogens with zero attached hydrogens (tertiary/aromatic N) is 1. The summed E-state index contributed by atoms with van der Waals surface area (Å²) in [6.45, 7) is 8.82. The molecule has 3 heteroatoms. The van der Waals surface area contributed by atoms with E-state index in [0.29, 0.717) is 13.1 Å². The molecule has 2 N–H and O–H groups in total. The number of rotatable bonds is 6. The third-order valence-electron chi connectivity index (χ3n) is 3.06. The maximum absolute atomic E-state index is 8.97. The molecule has 1 aromatic rings. The molecule has 0 amide bonds. The van der Waals surface area contributed by atoms with Crippen molar-refractivity contribution in [2.45, 2.75) is 32.7 Å². The molecule has 0 bridgehead atoms. The van der Waals surface area contributed by atoms with E-state index in [-0.39, 0.29) is 18.6 Å². The standard InChI is InChI=1S/C15H25NO2/c1-15(2,3)14-6-4-13(5-7-14)12-16(8-10-17)9-11-18/h4-7,17-18H,8-12H2,1-3H3. The van der Waals surface area contributed by atoms with Gasteiger partial charge in [-0.05, 0) is 16.5 Å². The lowest BCUT2D eigenvalue weighted by Gasteiger charge is -2.22. The van der Waals surface area contributed by atoms with Gasteiger partial charge in [0, 0.05) is 19.6 Å². The highest BCUT2D eigenvalue weighted by Crippen LogP contribution is 2.22. The van der Waals surface area contributed by atoms with E-state index in [1.54, 1.807) is 0 Å². The van der Waals surface area contributed by atoms with Crippen molar-refractivity contribution in [3.63, 3.8) is 0 Å². The minimum absolute atomic E-state index is 0.125. The van der Waals surface area contributed by atoms with E-state index < -0.39 is 0 Å². The zero-order chi connectivity index (χ0) is 13.6. The van der Waals surface area contributed by atoms with Crippen molar-refractivity contribution in [1.29, 1.82) is 0 Å². The molecule has 0 aromatic heterocycles. The molecule has 0 saturated carbocycles. The van der Waals surface area contributed by atoms with Crippen LogP contribution in [-0.4, -0.2) is 41.4 Å². The van der Waals surface area contributed by atoms with Crippen LogP contribution in [-0.2, 0) is 12.0 Å². The summed E-state index contributed by atoms with van der Waals surface area (Å²) < 4.78 is 0. The van der Waals surface area contributed by atoms with Gasteiger partial charge in [-0.1, -0.05) is 45.0 Å². The lowest BCUT2D eigenvalue weighted by atomic mass is 9.87. The van der Waals surface area contributed by atoms with Gasteiger partial charge in [-0.3, -0.25) is 4.90 Å². The number of aliphatic hydroxyl groups is 2. The van der Waals surface area contributed by atoms with Crippen molar-refractivity contribution in [3.8, 4) is 0 Å². The van der Waals surface area contributed by atoms with Crippen LogP contribution >= 0.6 is 0 Å². The van der Waals surface area contributed by atoms with Gasteiger partial charge in [0.15, 0.2) is 0 Å². The summed E-state index contributed by atoms with van der Waals surface area (Å²) in [6, 6.07) is 8.57. The van der Waals surface area contributed by atoms with Crippen LogP contribution in [0.15, 0.2) is 24.3 Å². The van der Waals surface area contributed by atoms with Crippen molar-refractivity contribution >= 4 is 0 Å². The van der Waals surface area contributed by atoms with E-state index in [1.165, 1.54) is 11.1 Å². The predicted octanol–water partition coefficient (Wildman–Crippen LogP) is 1.77. The van der Waals surface area contributed by atoms with Gasteiger partial charge in [0.2, 0.25) is 0 Å². The molecule has 0 radical (unpaired) electrons. The summed E-state index contributed by atoms with van der Waals surface area (Å²) in [5, 5.41) is 17.9. The second kappa shape index (κ2) is 6.88. The average molecular weight is 251 g/mol. The van der Waals surface area contributed by atoms with Crippen LogP contribution in [0.2, 0.25) is 0 Å². The van der Waals surface area contributed by atoms with Gasteiger partial charge in [-0.2, -0.15) is 0 Å². The zero-order valence-electron chi connectivity index (χ0n) is 11.7. The van der Waals surface area contributed by atoms with Crippen LogP contribution in [0.25, 0.3) is 0 Å². The van der Waals surface area contributed by atoms with Gasteiger partial charge >= 0.3 is 0 Å². The van der Waals surface area contributed by atoms with Crippen molar-refractivity contribution in [2.24, 2.45) is 0 Å². The Balaban J connectivity index is 2.67. The fraction of sp³-hybridized carbons (Fsp3) is 0.600. The second-order valence-electron chi connectivity index (χ2n) is 5.67. The lowest BCUT2D eigenvalue weighted by molar-refractivity contribution is 0.156. The second-order valence-corrected chi connectivity index (χ2v) is 5.67. The third kappa shape index (κ3) is 4.77. The average Bonchev–Trinajstić information content (AvgIpc) is 2.29. The van der Waals surface area contributed by atoms with Crippen molar-refractivity contribution in [2.75, 3.05) is 26.3 Å². The molecule has 0 aliphatic carbocycles. The molecule has 0 unspecified atom stereocenters. The van der Waals surface area contributed by atoms with E-state index in [0.717, 1.165) is 6.54 Å². The highest BCUT2D eigenvalue weighted by atomic mass is 16.3. The van der Waals surface area contributed by atoms with Gasteiger partial charge < -0.3 is 10.2 Å². The van der Waals surface area contributed by atoms with E-state index in [1.807, 2.05) is 4.90 Å². The molecule has 102 valence electrons.